The van der Waals surface area contributed by atoms with Gasteiger partial charge < -0.3 is 15.4 Å². The Morgan fingerprint density at radius 1 is 1.15 bits per heavy atom. The number of thiocarbonyl (C=S) groups is 1. The van der Waals surface area contributed by atoms with Crippen LogP contribution in [0.25, 0.3) is 0 Å². The molecule has 2 N–H and O–H groups in total. The number of anilines is 2. The summed E-state index contributed by atoms with van der Waals surface area (Å²) in [4.78, 5) is 0. The van der Waals surface area contributed by atoms with E-state index in [0.717, 1.165) is 11.3 Å². The number of hydrogen-bond acceptors (Lipinski definition) is 2. The molecular weight excluding hydrogens is 275 g/mol. The van der Waals surface area contributed by atoms with E-state index < -0.39 is 0 Å². The second kappa shape index (κ2) is 6.34. The van der Waals surface area contributed by atoms with E-state index in [1.807, 2.05) is 25.1 Å². The number of methoxy groups -OCH3 is 1. The van der Waals surface area contributed by atoms with Crippen LogP contribution in [-0.4, -0.2) is 12.2 Å². The van der Waals surface area contributed by atoms with Crippen LogP contribution in [-0.2, 0) is 0 Å². The zero-order valence-corrected chi connectivity index (χ0v) is 12.1. The van der Waals surface area contributed by atoms with Crippen molar-refractivity contribution in [2.24, 2.45) is 0 Å². The molecule has 0 amide bonds. The van der Waals surface area contributed by atoms with E-state index in [2.05, 4.69) is 10.6 Å². The third-order valence-corrected chi connectivity index (χ3v) is 2.89. The first-order valence-corrected chi connectivity index (χ1v) is 6.47. The zero-order valence-electron chi connectivity index (χ0n) is 11.2. The highest BCUT2D eigenvalue weighted by Crippen LogP contribution is 2.25. The maximum atomic E-state index is 13.1. The Balaban J connectivity index is 2.10. The van der Waals surface area contributed by atoms with Crippen molar-refractivity contribution < 1.29 is 9.13 Å². The highest BCUT2D eigenvalue weighted by molar-refractivity contribution is 7.80. The predicted molar refractivity (Wildman–Crippen MR) is 84.0 cm³/mol. The van der Waals surface area contributed by atoms with Crippen LogP contribution in [0.1, 0.15) is 5.56 Å². The minimum Gasteiger partial charge on any atom is -0.495 e. The molecule has 0 aliphatic carbocycles. The lowest BCUT2D eigenvalue weighted by atomic mass is 10.2. The summed E-state index contributed by atoms with van der Waals surface area (Å²) in [6, 6.07) is 11.9. The van der Waals surface area contributed by atoms with Crippen LogP contribution in [0.2, 0.25) is 0 Å². The molecule has 0 atom stereocenters. The summed E-state index contributed by atoms with van der Waals surface area (Å²) in [5.41, 5.74) is 2.44. The maximum absolute atomic E-state index is 13.1. The van der Waals surface area contributed by atoms with Gasteiger partial charge in [-0.15, -0.1) is 0 Å². The van der Waals surface area contributed by atoms with Crippen molar-refractivity contribution in [2.45, 2.75) is 6.92 Å². The second-order valence-electron chi connectivity index (χ2n) is 4.29. The molecule has 104 valence electrons. The Labute approximate surface area is 122 Å². The Morgan fingerprint density at radius 3 is 2.65 bits per heavy atom. The number of benzene rings is 2. The lowest BCUT2D eigenvalue weighted by Gasteiger charge is -2.14. The first kappa shape index (κ1) is 14.3. The summed E-state index contributed by atoms with van der Waals surface area (Å²) in [6.45, 7) is 1.98. The third kappa shape index (κ3) is 3.68. The number of nitrogens with one attached hydrogen (secondary N) is 2. The van der Waals surface area contributed by atoms with Crippen LogP contribution in [0.15, 0.2) is 42.5 Å². The highest BCUT2D eigenvalue weighted by Gasteiger charge is 2.05. The van der Waals surface area contributed by atoms with Crippen LogP contribution in [0.5, 0.6) is 5.75 Å². The van der Waals surface area contributed by atoms with E-state index in [-0.39, 0.29) is 5.82 Å². The van der Waals surface area contributed by atoms with Gasteiger partial charge in [0.15, 0.2) is 5.11 Å². The van der Waals surface area contributed by atoms with Gasteiger partial charge in [0.25, 0.3) is 0 Å². The quantitative estimate of drug-likeness (QED) is 0.839. The Hall–Kier alpha value is -2.14. The molecule has 0 aliphatic rings. The summed E-state index contributed by atoms with van der Waals surface area (Å²) in [5.74, 6) is 0.380. The summed E-state index contributed by atoms with van der Waals surface area (Å²) < 4.78 is 18.4. The van der Waals surface area contributed by atoms with Crippen molar-refractivity contribution >= 4 is 28.7 Å². The maximum Gasteiger partial charge on any atom is 0.175 e. The molecular formula is C15H15FN2OS. The summed E-state index contributed by atoms with van der Waals surface area (Å²) >= 11 is 5.21. The molecule has 0 saturated carbocycles. The highest BCUT2D eigenvalue weighted by atomic mass is 32.1. The second-order valence-corrected chi connectivity index (χ2v) is 4.70. The van der Waals surface area contributed by atoms with Crippen LogP contribution in [0.4, 0.5) is 15.8 Å². The number of ether oxygens (including phenoxy) is 1. The van der Waals surface area contributed by atoms with E-state index in [1.54, 1.807) is 19.2 Å². The standard InChI is InChI=1S/C15H15FN2OS/c1-10-6-7-14(19-2)13(8-10)18-15(20)17-12-5-3-4-11(16)9-12/h3-9H,1-2H3,(H2,17,18,20). The van der Waals surface area contributed by atoms with E-state index in [9.17, 15) is 4.39 Å². The SMILES string of the molecule is COc1ccc(C)cc1NC(=S)Nc1cccc(F)c1. The predicted octanol–water partition coefficient (Wildman–Crippen LogP) is 3.95. The molecule has 5 heteroatoms. The zero-order chi connectivity index (χ0) is 14.5. The van der Waals surface area contributed by atoms with E-state index >= 15 is 0 Å². The van der Waals surface area contributed by atoms with Gasteiger partial charge in [0.1, 0.15) is 11.6 Å². The van der Waals surface area contributed by atoms with Crippen LogP contribution >= 0.6 is 12.2 Å². The fraction of sp³-hybridized carbons (Fsp3) is 0.133. The molecule has 20 heavy (non-hydrogen) atoms. The van der Waals surface area contributed by atoms with E-state index in [0.29, 0.717) is 16.5 Å². The monoisotopic (exact) mass is 290 g/mol. The van der Waals surface area contributed by atoms with Gasteiger partial charge in [0, 0.05) is 5.69 Å². The molecule has 0 unspecified atom stereocenters. The molecule has 0 spiro atoms. The number of aryl methyl sites for hydroxylation is 1. The molecule has 0 aliphatic heterocycles. The summed E-state index contributed by atoms with van der Waals surface area (Å²) in [6.07, 6.45) is 0. The van der Waals surface area contributed by atoms with Gasteiger partial charge >= 0.3 is 0 Å². The van der Waals surface area contributed by atoms with E-state index in [1.165, 1.54) is 12.1 Å². The number of halogens is 1. The largest absolute Gasteiger partial charge is 0.495 e. The van der Waals surface area contributed by atoms with Crippen molar-refractivity contribution in [1.29, 1.82) is 0 Å². The van der Waals surface area contributed by atoms with Crippen molar-refractivity contribution in [3.63, 3.8) is 0 Å². The topological polar surface area (TPSA) is 33.3 Å². The number of rotatable bonds is 3. The van der Waals surface area contributed by atoms with Crippen molar-refractivity contribution in [2.75, 3.05) is 17.7 Å². The fourth-order valence-corrected chi connectivity index (χ4v) is 2.00. The molecule has 0 saturated heterocycles. The van der Waals surface area contributed by atoms with Crippen molar-refractivity contribution in [3.05, 3.63) is 53.8 Å². The van der Waals surface area contributed by atoms with Gasteiger partial charge in [-0.05, 0) is 55.0 Å². The lowest BCUT2D eigenvalue weighted by Crippen LogP contribution is -2.19. The van der Waals surface area contributed by atoms with Crippen LogP contribution in [0.3, 0.4) is 0 Å². The average Bonchev–Trinajstić information content (AvgIpc) is 2.38. The lowest BCUT2D eigenvalue weighted by molar-refractivity contribution is 0.417. The van der Waals surface area contributed by atoms with Gasteiger partial charge in [0.05, 0.1) is 12.8 Å². The Bertz CT molecular complexity index is 631. The molecule has 0 bridgehead atoms. The Kier molecular flexibility index (Phi) is 4.53. The fourth-order valence-electron chi connectivity index (χ4n) is 1.77. The van der Waals surface area contributed by atoms with Gasteiger partial charge in [-0.3, -0.25) is 0 Å². The average molecular weight is 290 g/mol. The molecule has 3 nitrogen and oxygen atoms in total. The Morgan fingerprint density at radius 2 is 1.95 bits per heavy atom. The van der Waals surface area contributed by atoms with Gasteiger partial charge in [0.2, 0.25) is 0 Å². The number of hydrogen-bond donors (Lipinski definition) is 2. The summed E-state index contributed by atoms with van der Waals surface area (Å²) in [5, 5.41) is 6.34. The van der Waals surface area contributed by atoms with Gasteiger partial charge in [-0.1, -0.05) is 12.1 Å². The molecule has 0 radical (unpaired) electrons. The molecule has 2 rings (SSSR count). The molecule has 2 aromatic carbocycles. The first-order valence-electron chi connectivity index (χ1n) is 6.06. The smallest absolute Gasteiger partial charge is 0.175 e. The minimum absolute atomic E-state index is 0.314. The molecule has 0 fully saturated rings. The van der Waals surface area contributed by atoms with E-state index in [4.69, 9.17) is 17.0 Å². The normalized spacial score (nSPS) is 9.95. The molecule has 0 aromatic heterocycles. The molecule has 2 aromatic rings. The summed E-state index contributed by atoms with van der Waals surface area (Å²) in [7, 11) is 1.60. The first-order chi connectivity index (χ1) is 9.58. The van der Waals surface area contributed by atoms with Crippen molar-refractivity contribution in [1.82, 2.24) is 0 Å². The van der Waals surface area contributed by atoms with Crippen LogP contribution < -0.4 is 15.4 Å². The minimum atomic E-state index is -0.314. The van der Waals surface area contributed by atoms with Crippen LogP contribution in [0, 0.1) is 12.7 Å². The van der Waals surface area contributed by atoms with Gasteiger partial charge in [-0.25, -0.2) is 4.39 Å². The molecule has 0 heterocycles. The van der Waals surface area contributed by atoms with Gasteiger partial charge in [-0.2, -0.15) is 0 Å². The third-order valence-electron chi connectivity index (χ3n) is 2.69. The van der Waals surface area contributed by atoms with Crippen molar-refractivity contribution in [3.8, 4) is 5.75 Å².